The molecule has 0 radical (unpaired) electrons. The third kappa shape index (κ3) is 1.85. The molecule has 4 heteroatoms. The van der Waals surface area contributed by atoms with Crippen LogP contribution in [0.2, 0.25) is 0 Å². The Morgan fingerprint density at radius 1 is 1.50 bits per heavy atom. The number of anilines is 1. The van der Waals surface area contributed by atoms with Gasteiger partial charge < -0.3 is 4.90 Å². The molecule has 0 spiro atoms. The molecule has 0 saturated heterocycles. The van der Waals surface area contributed by atoms with Crippen LogP contribution in [0.25, 0.3) is 0 Å². The molecule has 0 atom stereocenters. The van der Waals surface area contributed by atoms with E-state index in [9.17, 15) is 9.59 Å². The van der Waals surface area contributed by atoms with E-state index in [1.165, 1.54) is 11.8 Å². The van der Waals surface area contributed by atoms with Gasteiger partial charge in [0.1, 0.15) is 0 Å². The molecule has 1 aliphatic rings. The van der Waals surface area contributed by atoms with E-state index < -0.39 is 0 Å². The van der Waals surface area contributed by atoms with Gasteiger partial charge in [0.25, 0.3) is 0 Å². The smallest absolute Gasteiger partial charge is 0.237 e. The van der Waals surface area contributed by atoms with Crippen LogP contribution >= 0.6 is 11.8 Å². The van der Waals surface area contributed by atoms with Crippen molar-refractivity contribution in [2.75, 3.05) is 17.7 Å². The fraction of sp³-hybridized carbons (Fsp3) is 0.333. The van der Waals surface area contributed by atoms with E-state index >= 15 is 0 Å². The third-order valence-corrected chi connectivity index (χ3v) is 3.72. The highest BCUT2D eigenvalue weighted by Crippen LogP contribution is 2.35. The van der Waals surface area contributed by atoms with Gasteiger partial charge in [0, 0.05) is 23.9 Å². The van der Waals surface area contributed by atoms with Gasteiger partial charge in [-0.15, -0.1) is 11.8 Å². The van der Waals surface area contributed by atoms with Gasteiger partial charge in [-0.05, 0) is 18.2 Å². The summed E-state index contributed by atoms with van der Waals surface area (Å²) in [5.41, 5.74) is 1.63. The summed E-state index contributed by atoms with van der Waals surface area (Å²) in [4.78, 5) is 25.7. The summed E-state index contributed by atoms with van der Waals surface area (Å²) in [6.07, 6.45) is 0.512. The molecule has 0 aromatic heterocycles. The van der Waals surface area contributed by atoms with Crippen molar-refractivity contribution < 1.29 is 9.59 Å². The van der Waals surface area contributed by atoms with Crippen LogP contribution in [0.3, 0.4) is 0 Å². The minimum atomic E-state index is 0.104. The van der Waals surface area contributed by atoms with Gasteiger partial charge in [-0.2, -0.15) is 0 Å². The Labute approximate surface area is 98.8 Å². The van der Waals surface area contributed by atoms with Crippen molar-refractivity contribution in [2.24, 2.45) is 0 Å². The fourth-order valence-electron chi connectivity index (χ4n) is 1.66. The lowest BCUT2D eigenvalue weighted by atomic mass is 10.1. The molecule has 16 heavy (non-hydrogen) atoms. The topological polar surface area (TPSA) is 37.4 Å². The van der Waals surface area contributed by atoms with Gasteiger partial charge in [0.15, 0.2) is 5.78 Å². The number of nitrogens with zero attached hydrogens (tertiary/aromatic N) is 1. The predicted molar refractivity (Wildman–Crippen MR) is 65.2 cm³/mol. The number of thioether (sulfide) groups is 1. The predicted octanol–water partition coefficient (Wildman–Crippen LogP) is 2.35. The van der Waals surface area contributed by atoms with E-state index in [2.05, 4.69) is 0 Å². The molecule has 1 heterocycles. The number of carbonyl (C=O) groups is 2. The number of Topliss-reactive ketones (excluding diaryl/α,β-unsaturated/α-hetero) is 1. The van der Waals surface area contributed by atoms with Crippen molar-refractivity contribution in [3.63, 3.8) is 0 Å². The monoisotopic (exact) mass is 235 g/mol. The van der Waals surface area contributed by atoms with E-state index in [-0.39, 0.29) is 11.7 Å². The molecular formula is C12H13NO2S. The lowest BCUT2D eigenvalue weighted by molar-refractivity contribution is -0.116. The zero-order chi connectivity index (χ0) is 11.7. The molecule has 0 bridgehead atoms. The van der Waals surface area contributed by atoms with Crippen LogP contribution in [0.5, 0.6) is 0 Å². The highest BCUT2D eigenvalue weighted by atomic mass is 32.2. The van der Waals surface area contributed by atoms with Gasteiger partial charge in [-0.3, -0.25) is 9.59 Å². The lowest BCUT2D eigenvalue weighted by Crippen LogP contribution is -2.31. The zero-order valence-electron chi connectivity index (χ0n) is 9.32. The molecule has 1 aliphatic heterocycles. The Balaban J connectivity index is 2.41. The first kappa shape index (κ1) is 11.2. The van der Waals surface area contributed by atoms with Gasteiger partial charge >= 0.3 is 0 Å². The van der Waals surface area contributed by atoms with E-state index in [1.54, 1.807) is 18.0 Å². The molecule has 1 amide bonds. The van der Waals surface area contributed by atoms with E-state index in [1.807, 2.05) is 19.1 Å². The van der Waals surface area contributed by atoms with E-state index in [4.69, 9.17) is 0 Å². The second-order valence-corrected chi connectivity index (χ2v) is 4.72. The standard InChI is InChI=1S/C12H13NO2S/c1-3-10(14)8-4-5-9-11(6-8)16-7-12(15)13(9)2/h4-6H,3,7H2,1-2H3. The number of ketones is 1. The van der Waals surface area contributed by atoms with Crippen LogP contribution in [-0.2, 0) is 4.79 Å². The molecule has 3 nitrogen and oxygen atoms in total. The summed E-state index contributed by atoms with van der Waals surface area (Å²) in [7, 11) is 1.77. The quantitative estimate of drug-likeness (QED) is 0.738. The van der Waals surface area contributed by atoms with Crippen molar-refractivity contribution >= 4 is 29.1 Å². The van der Waals surface area contributed by atoms with Crippen LogP contribution < -0.4 is 4.90 Å². The maximum atomic E-state index is 11.6. The highest BCUT2D eigenvalue weighted by molar-refractivity contribution is 8.00. The third-order valence-electron chi connectivity index (χ3n) is 2.69. The summed E-state index contributed by atoms with van der Waals surface area (Å²) in [5, 5.41) is 0. The molecule has 2 rings (SSSR count). The SMILES string of the molecule is CCC(=O)c1ccc2c(c1)SCC(=O)N2C. The fourth-order valence-corrected chi connectivity index (χ4v) is 2.69. The summed E-state index contributed by atoms with van der Waals surface area (Å²) in [5.74, 6) is 0.697. The highest BCUT2D eigenvalue weighted by Gasteiger charge is 2.22. The van der Waals surface area contributed by atoms with Crippen LogP contribution in [0.1, 0.15) is 23.7 Å². The van der Waals surface area contributed by atoms with E-state index in [0.717, 1.165) is 16.1 Å². The lowest BCUT2D eigenvalue weighted by Gasteiger charge is -2.25. The van der Waals surface area contributed by atoms with Gasteiger partial charge in [0.2, 0.25) is 5.91 Å². The molecule has 0 unspecified atom stereocenters. The summed E-state index contributed by atoms with van der Waals surface area (Å²) in [6.45, 7) is 1.85. The Morgan fingerprint density at radius 2 is 2.25 bits per heavy atom. The van der Waals surface area contributed by atoms with Crippen LogP contribution in [-0.4, -0.2) is 24.5 Å². The maximum Gasteiger partial charge on any atom is 0.237 e. The Bertz CT molecular complexity index is 456. The average molecular weight is 235 g/mol. The van der Waals surface area contributed by atoms with Gasteiger partial charge in [0.05, 0.1) is 11.4 Å². The van der Waals surface area contributed by atoms with Gasteiger partial charge in [-0.1, -0.05) is 6.92 Å². The first-order valence-corrected chi connectivity index (χ1v) is 6.18. The number of fused-ring (bicyclic) bond motifs is 1. The number of rotatable bonds is 2. The van der Waals surface area contributed by atoms with Crippen molar-refractivity contribution in [1.29, 1.82) is 0 Å². The molecular weight excluding hydrogens is 222 g/mol. The van der Waals surface area contributed by atoms with Crippen LogP contribution in [0, 0.1) is 0 Å². The normalized spacial score (nSPS) is 14.9. The number of benzene rings is 1. The molecule has 0 fully saturated rings. The average Bonchev–Trinajstić information content (AvgIpc) is 2.32. The number of hydrogen-bond donors (Lipinski definition) is 0. The molecule has 1 aromatic rings. The van der Waals surface area contributed by atoms with Crippen molar-refractivity contribution in [3.8, 4) is 0 Å². The summed E-state index contributed by atoms with van der Waals surface area (Å²) < 4.78 is 0. The molecule has 1 aromatic carbocycles. The van der Waals surface area contributed by atoms with E-state index in [0.29, 0.717) is 12.2 Å². The molecule has 0 saturated carbocycles. The van der Waals surface area contributed by atoms with Crippen LogP contribution in [0.15, 0.2) is 23.1 Å². The largest absolute Gasteiger partial charge is 0.314 e. The van der Waals surface area contributed by atoms with Gasteiger partial charge in [-0.25, -0.2) is 0 Å². The summed E-state index contributed by atoms with van der Waals surface area (Å²) >= 11 is 1.50. The van der Waals surface area contributed by atoms with Crippen molar-refractivity contribution in [2.45, 2.75) is 18.2 Å². The minimum Gasteiger partial charge on any atom is -0.314 e. The second-order valence-electron chi connectivity index (χ2n) is 3.70. The zero-order valence-corrected chi connectivity index (χ0v) is 10.1. The van der Waals surface area contributed by atoms with Crippen LogP contribution in [0.4, 0.5) is 5.69 Å². The summed E-state index contributed by atoms with van der Waals surface area (Å²) in [6, 6.07) is 5.53. The van der Waals surface area contributed by atoms with Crippen molar-refractivity contribution in [1.82, 2.24) is 0 Å². The Kier molecular flexibility index (Phi) is 3.01. The second kappa shape index (κ2) is 4.29. The molecule has 0 aliphatic carbocycles. The number of amides is 1. The van der Waals surface area contributed by atoms with Crippen molar-refractivity contribution in [3.05, 3.63) is 23.8 Å². The molecule has 84 valence electrons. The minimum absolute atomic E-state index is 0.104. The molecule has 0 N–H and O–H groups in total. The number of carbonyl (C=O) groups excluding carboxylic acids is 2. The first-order valence-electron chi connectivity index (χ1n) is 5.20. The number of hydrogen-bond acceptors (Lipinski definition) is 3. The maximum absolute atomic E-state index is 11.6. The Hall–Kier alpha value is -1.29. The Morgan fingerprint density at radius 3 is 2.94 bits per heavy atom. The first-order chi connectivity index (χ1) is 7.63.